The SMILES string of the molecule is CCOc1ccccc1C(=O)Nc1nnc(SCC(=O)Nc2ccc(F)cc2)s1. The van der Waals surface area contributed by atoms with E-state index in [1.54, 1.807) is 24.3 Å². The second-order valence-corrected chi connectivity index (χ2v) is 7.80. The predicted octanol–water partition coefficient (Wildman–Crippen LogP) is 4.06. The highest BCUT2D eigenvalue weighted by Crippen LogP contribution is 2.27. The summed E-state index contributed by atoms with van der Waals surface area (Å²) in [5.74, 6) is -0.384. The van der Waals surface area contributed by atoms with E-state index in [1.165, 1.54) is 36.0 Å². The predicted molar refractivity (Wildman–Crippen MR) is 111 cm³/mol. The van der Waals surface area contributed by atoms with Crippen molar-refractivity contribution in [3.05, 3.63) is 59.9 Å². The number of para-hydroxylation sites is 1. The first-order valence-corrected chi connectivity index (χ1v) is 10.4. The number of nitrogens with one attached hydrogen (secondary N) is 2. The quantitative estimate of drug-likeness (QED) is 0.412. The van der Waals surface area contributed by atoms with E-state index in [0.29, 0.717) is 33.1 Å². The third-order valence-corrected chi connectivity index (χ3v) is 5.49. The average Bonchev–Trinajstić information content (AvgIpc) is 3.16. The highest BCUT2D eigenvalue weighted by molar-refractivity contribution is 8.01. The van der Waals surface area contributed by atoms with E-state index in [1.807, 2.05) is 6.92 Å². The topological polar surface area (TPSA) is 93.2 Å². The van der Waals surface area contributed by atoms with Crippen molar-refractivity contribution in [1.29, 1.82) is 0 Å². The zero-order valence-electron chi connectivity index (χ0n) is 15.3. The molecule has 2 N–H and O–H groups in total. The van der Waals surface area contributed by atoms with Crippen molar-refractivity contribution in [3.63, 3.8) is 0 Å². The van der Waals surface area contributed by atoms with Gasteiger partial charge in [-0.2, -0.15) is 0 Å². The van der Waals surface area contributed by atoms with Gasteiger partial charge in [0.2, 0.25) is 11.0 Å². The molecule has 0 atom stereocenters. The number of hydrogen-bond acceptors (Lipinski definition) is 7. The molecular formula is C19H17FN4O3S2. The van der Waals surface area contributed by atoms with Crippen molar-refractivity contribution in [2.24, 2.45) is 0 Å². The summed E-state index contributed by atoms with van der Waals surface area (Å²) < 4.78 is 18.9. The van der Waals surface area contributed by atoms with Crippen LogP contribution in [0, 0.1) is 5.82 Å². The molecule has 0 aliphatic rings. The molecule has 0 aliphatic carbocycles. The van der Waals surface area contributed by atoms with E-state index in [4.69, 9.17) is 4.74 Å². The van der Waals surface area contributed by atoms with Crippen molar-refractivity contribution in [3.8, 4) is 5.75 Å². The molecule has 0 fully saturated rings. The third-order valence-electron chi connectivity index (χ3n) is 3.51. The van der Waals surface area contributed by atoms with Gasteiger partial charge in [0.25, 0.3) is 5.91 Å². The van der Waals surface area contributed by atoms with Crippen LogP contribution in [-0.2, 0) is 4.79 Å². The highest BCUT2D eigenvalue weighted by atomic mass is 32.2. The lowest BCUT2D eigenvalue weighted by atomic mass is 10.2. The molecule has 0 radical (unpaired) electrons. The Bertz CT molecular complexity index is 995. The molecule has 1 aromatic heterocycles. The molecule has 2 amide bonds. The van der Waals surface area contributed by atoms with Crippen LogP contribution in [0.5, 0.6) is 5.75 Å². The Labute approximate surface area is 174 Å². The van der Waals surface area contributed by atoms with Gasteiger partial charge in [-0.15, -0.1) is 10.2 Å². The van der Waals surface area contributed by atoms with Crippen molar-refractivity contribution in [2.45, 2.75) is 11.3 Å². The highest BCUT2D eigenvalue weighted by Gasteiger charge is 2.15. The van der Waals surface area contributed by atoms with Gasteiger partial charge in [-0.05, 0) is 43.3 Å². The Kier molecular flexibility index (Phi) is 7.14. The monoisotopic (exact) mass is 432 g/mol. The van der Waals surface area contributed by atoms with Crippen molar-refractivity contribution in [2.75, 3.05) is 23.0 Å². The van der Waals surface area contributed by atoms with Gasteiger partial charge >= 0.3 is 0 Å². The van der Waals surface area contributed by atoms with E-state index < -0.39 is 0 Å². The number of ether oxygens (including phenoxy) is 1. The first-order valence-electron chi connectivity index (χ1n) is 8.60. The Hall–Kier alpha value is -2.98. The number of halogens is 1. The fourth-order valence-electron chi connectivity index (χ4n) is 2.28. The first-order chi connectivity index (χ1) is 14.0. The Morgan fingerprint density at radius 1 is 1.10 bits per heavy atom. The van der Waals surface area contributed by atoms with Gasteiger partial charge in [0, 0.05) is 5.69 Å². The minimum atomic E-state index is -0.371. The van der Waals surface area contributed by atoms with E-state index >= 15 is 0 Å². The molecule has 3 rings (SSSR count). The second-order valence-electron chi connectivity index (χ2n) is 5.60. The van der Waals surface area contributed by atoms with Crippen LogP contribution in [0.15, 0.2) is 52.9 Å². The number of rotatable bonds is 8. The van der Waals surface area contributed by atoms with Gasteiger partial charge in [0.05, 0.1) is 17.9 Å². The molecule has 2 aromatic carbocycles. The maximum absolute atomic E-state index is 12.9. The lowest BCUT2D eigenvalue weighted by Crippen LogP contribution is -2.13. The fourth-order valence-corrected chi connectivity index (χ4v) is 3.82. The van der Waals surface area contributed by atoms with Crippen molar-refractivity contribution < 1.29 is 18.7 Å². The summed E-state index contributed by atoms with van der Waals surface area (Å²) in [7, 11) is 0. The molecule has 29 heavy (non-hydrogen) atoms. The summed E-state index contributed by atoms with van der Waals surface area (Å²) in [4.78, 5) is 24.4. The zero-order chi connectivity index (χ0) is 20.6. The van der Waals surface area contributed by atoms with Gasteiger partial charge in [-0.3, -0.25) is 14.9 Å². The van der Waals surface area contributed by atoms with Crippen LogP contribution >= 0.6 is 23.1 Å². The summed E-state index contributed by atoms with van der Waals surface area (Å²) in [6, 6.07) is 12.4. The molecule has 0 saturated carbocycles. The van der Waals surface area contributed by atoms with Crippen LogP contribution < -0.4 is 15.4 Å². The van der Waals surface area contributed by atoms with Gasteiger partial charge < -0.3 is 10.1 Å². The number of aromatic nitrogens is 2. The van der Waals surface area contributed by atoms with E-state index in [2.05, 4.69) is 20.8 Å². The molecule has 0 bridgehead atoms. The van der Waals surface area contributed by atoms with Crippen LogP contribution in [0.1, 0.15) is 17.3 Å². The molecule has 0 spiro atoms. The van der Waals surface area contributed by atoms with Crippen LogP contribution in [0.2, 0.25) is 0 Å². The zero-order valence-corrected chi connectivity index (χ0v) is 17.0. The molecule has 0 aliphatic heterocycles. The average molecular weight is 433 g/mol. The molecule has 0 saturated heterocycles. The number of amides is 2. The summed E-state index contributed by atoms with van der Waals surface area (Å²) in [5, 5.41) is 13.6. The lowest BCUT2D eigenvalue weighted by Gasteiger charge is -2.08. The van der Waals surface area contributed by atoms with Crippen molar-refractivity contribution in [1.82, 2.24) is 10.2 Å². The number of carbonyl (C=O) groups excluding carboxylic acids is 2. The van der Waals surface area contributed by atoms with Crippen LogP contribution in [-0.4, -0.2) is 34.4 Å². The van der Waals surface area contributed by atoms with Gasteiger partial charge in [-0.1, -0.05) is 35.2 Å². The van der Waals surface area contributed by atoms with Crippen LogP contribution in [0.3, 0.4) is 0 Å². The summed E-state index contributed by atoms with van der Waals surface area (Å²) in [6.45, 7) is 2.29. The lowest BCUT2D eigenvalue weighted by molar-refractivity contribution is -0.113. The molecule has 7 nitrogen and oxygen atoms in total. The number of carbonyl (C=O) groups is 2. The van der Waals surface area contributed by atoms with Gasteiger partial charge in [-0.25, -0.2) is 4.39 Å². The van der Waals surface area contributed by atoms with Gasteiger partial charge in [0.1, 0.15) is 11.6 Å². The van der Waals surface area contributed by atoms with Gasteiger partial charge in [0.15, 0.2) is 4.34 Å². The second kappa shape index (κ2) is 9.99. The number of nitrogens with zero attached hydrogens (tertiary/aromatic N) is 2. The fraction of sp³-hybridized carbons (Fsp3) is 0.158. The molecular weight excluding hydrogens is 415 g/mol. The minimum Gasteiger partial charge on any atom is -0.493 e. The third kappa shape index (κ3) is 6.00. The molecule has 0 unspecified atom stereocenters. The summed E-state index contributed by atoms with van der Waals surface area (Å²) in [5.41, 5.74) is 0.910. The molecule has 150 valence electrons. The van der Waals surface area contributed by atoms with E-state index in [0.717, 1.165) is 11.3 Å². The normalized spacial score (nSPS) is 10.4. The number of hydrogen-bond donors (Lipinski definition) is 2. The van der Waals surface area contributed by atoms with E-state index in [9.17, 15) is 14.0 Å². The minimum absolute atomic E-state index is 0.104. The summed E-state index contributed by atoms with van der Waals surface area (Å²) >= 11 is 2.35. The maximum Gasteiger partial charge on any atom is 0.261 e. The van der Waals surface area contributed by atoms with Crippen molar-refractivity contribution >= 4 is 45.7 Å². The largest absolute Gasteiger partial charge is 0.493 e. The molecule has 1 heterocycles. The molecule has 3 aromatic rings. The standard InChI is InChI=1S/C19H17FN4O3S2/c1-2-27-15-6-4-3-5-14(15)17(26)22-18-23-24-19(29-18)28-11-16(25)21-13-9-7-12(20)8-10-13/h3-10H,2,11H2,1H3,(H,21,25)(H,22,23,26). The summed E-state index contributed by atoms with van der Waals surface area (Å²) in [6.07, 6.45) is 0. The van der Waals surface area contributed by atoms with Crippen LogP contribution in [0.4, 0.5) is 15.2 Å². The number of thioether (sulfide) groups is 1. The van der Waals surface area contributed by atoms with Crippen LogP contribution in [0.25, 0.3) is 0 Å². The Balaban J connectivity index is 1.53. The smallest absolute Gasteiger partial charge is 0.261 e. The maximum atomic E-state index is 12.9. The van der Waals surface area contributed by atoms with E-state index in [-0.39, 0.29) is 23.4 Å². The number of anilines is 2. The molecule has 10 heteroatoms. The Morgan fingerprint density at radius 2 is 1.86 bits per heavy atom. The Morgan fingerprint density at radius 3 is 2.62 bits per heavy atom. The first kappa shape index (κ1) is 20.7. The number of benzene rings is 2.